The van der Waals surface area contributed by atoms with Gasteiger partial charge in [-0.15, -0.1) is 0 Å². The van der Waals surface area contributed by atoms with Gasteiger partial charge in [-0.2, -0.15) is 5.26 Å². The minimum absolute atomic E-state index is 0.395. The first kappa shape index (κ1) is 15.3. The SMILES string of the molecule is CO/C(=C\C=C(\C#N)C(N)=O)c1c(F)ccc(F)c1F. The van der Waals surface area contributed by atoms with Crippen LogP contribution in [0.15, 0.2) is 29.9 Å². The highest BCUT2D eigenvalue weighted by molar-refractivity contribution is 5.96. The number of hydrogen-bond acceptors (Lipinski definition) is 3. The number of rotatable bonds is 4. The summed E-state index contributed by atoms with van der Waals surface area (Å²) in [7, 11) is 1.10. The standard InChI is InChI=1S/C13H9F3N2O2/c1-20-10(5-2-7(6-17)13(18)19)11-8(14)3-4-9(15)12(11)16/h2-5H,1H3,(H2,18,19)/b7-2-,10-5-. The molecule has 0 radical (unpaired) electrons. The van der Waals surface area contributed by atoms with E-state index in [4.69, 9.17) is 15.7 Å². The van der Waals surface area contributed by atoms with Gasteiger partial charge in [0.25, 0.3) is 5.91 Å². The summed E-state index contributed by atoms with van der Waals surface area (Å²) in [5.74, 6) is -5.16. The molecule has 0 saturated carbocycles. The smallest absolute Gasteiger partial charge is 0.259 e. The van der Waals surface area contributed by atoms with Crippen LogP contribution in [0.1, 0.15) is 5.56 Å². The van der Waals surface area contributed by atoms with Crippen molar-refractivity contribution in [2.45, 2.75) is 0 Å². The fourth-order valence-corrected chi connectivity index (χ4v) is 1.34. The second-order valence-corrected chi connectivity index (χ2v) is 3.51. The van der Waals surface area contributed by atoms with Gasteiger partial charge in [0.2, 0.25) is 0 Å². The third kappa shape index (κ3) is 3.17. The maximum absolute atomic E-state index is 13.6. The van der Waals surface area contributed by atoms with Crippen LogP contribution in [0.2, 0.25) is 0 Å². The van der Waals surface area contributed by atoms with Gasteiger partial charge in [-0.05, 0) is 24.3 Å². The van der Waals surface area contributed by atoms with E-state index in [1.807, 2.05) is 0 Å². The molecular formula is C13H9F3N2O2. The Morgan fingerprint density at radius 1 is 1.30 bits per heavy atom. The van der Waals surface area contributed by atoms with Crippen LogP contribution in [0, 0.1) is 28.8 Å². The molecule has 0 aliphatic heterocycles. The third-order valence-corrected chi connectivity index (χ3v) is 2.30. The first-order valence-electron chi connectivity index (χ1n) is 5.22. The van der Waals surface area contributed by atoms with E-state index in [2.05, 4.69) is 0 Å². The average molecular weight is 282 g/mol. The molecule has 0 heterocycles. The summed E-state index contributed by atoms with van der Waals surface area (Å²) in [6.45, 7) is 0. The van der Waals surface area contributed by atoms with Crippen molar-refractivity contribution in [3.63, 3.8) is 0 Å². The van der Waals surface area contributed by atoms with Crippen LogP contribution in [0.4, 0.5) is 13.2 Å². The summed E-state index contributed by atoms with van der Waals surface area (Å²) in [5, 5.41) is 8.61. The highest BCUT2D eigenvalue weighted by atomic mass is 19.2. The number of carbonyl (C=O) groups is 1. The Bertz CT molecular complexity index is 646. The van der Waals surface area contributed by atoms with E-state index in [9.17, 15) is 18.0 Å². The van der Waals surface area contributed by atoms with Gasteiger partial charge in [0.05, 0.1) is 12.7 Å². The Balaban J connectivity index is 3.39. The van der Waals surface area contributed by atoms with Crippen LogP contribution >= 0.6 is 0 Å². The number of amides is 1. The van der Waals surface area contributed by atoms with Crippen LogP contribution in [-0.4, -0.2) is 13.0 Å². The number of benzene rings is 1. The van der Waals surface area contributed by atoms with Gasteiger partial charge in [-0.3, -0.25) is 4.79 Å². The number of primary amides is 1. The predicted octanol–water partition coefficient (Wildman–Crippen LogP) is 2.03. The minimum Gasteiger partial charge on any atom is -0.496 e. The van der Waals surface area contributed by atoms with E-state index in [-0.39, 0.29) is 0 Å². The zero-order valence-electron chi connectivity index (χ0n) is 10.3. The van der Waals surface area contributed by atoms with Crippen LogP contribution in [0.25, 0.3) is 5.76 Å². The van der Waals surface area contributed by atoms with Crippen molar-refractivity contribution < 1.29 is 22.7 Å². The Hall–Kier alpha value is -2.75. The van der Waals surface area contributed by atoms with Crippen molar-refractivity contribution in [2.75, 3.05) is 7.11 Å². The Morgan fingerprint density at radius 2 is 1.90 bits per heavy atom. The molecule has 1 rings (SSSR count). The molecule has 7 heteroatoms. The number of methoxy groups -OCH3 is 1. The van der Waals surface area contributed by atoms with Gasteiger partial charge in [0, 0.05) is 0 Å². The highest BCUT2D eigenvalue weighted by Gasteiger charge is 2.18. The zero-order chi connectivity index (χ0) is 15.3. The number of nitrogens with two attached hydrogens (primary N) is 1. The van der Waals surface area contributed by atoms with Crippen LogP contribution in [-0.2, 0) is 9.53 Å². The largest absolute Gasteiger partial charge is 0.496 e. The van der Waals surface area contributed by atoms with E-state index in [1.54, 1.807) is 0 Å². The summed E-state index contributed by atoms with van der Waals surface area (Å²) in [5.41, 5.74) is 3.70. The molecule has 0 atom stereocenters. The number of nitriles is 1. The number of carbonyl (C=O) groups excluding carboxylic acids is 1. The quantitative estimate of drug-likeness (QED) is 0.302. The molecule has 1 aromatic rings. The maximum Gasteiger partial charge on any atom is 0.259 e. The van der Waals surface area contributed by atoms with Crippen molar-refractivity contribution >= 4 is 11.7 Å². The Kier molecular flexibility index (Phi) is 4.92. The monoisotopic (exact) mass is 282 g/mol. The summed E-state index contributed by atoms with van der Waals surface area (Å²) >= 11 is 0. The van der Waals surface area contributed by atoms with Gasteiger partial charge < -0.3 is 10.5 Å². The lowest BCUT2D eigenvalue weighted by Gasteiger charge is -2.08. The normalized spacial score (nSPS) is 11.9. The van der Waals surface area contributed by atoms with Gasteiger partial charge >= 0.3 is 0 Å². The van der Waals surface area contributed by atoms with E-state index >= 15 is 0 Å². The van der Waals surface area contributed by atoms with Crippen molar-refractivity contribution in [1.82, 2.24) is 0 Å². The average Bonchev–Trinajstić information content (AvgIpc) is 2.41. The summed E-state index contributed by atoms with van der Waals surface area (Å²) < 4.78 is 44.9. The van der Waals surface area contributed by atoms with Crippen LogP contribution in [0.5, 0.6) is 0 Å². The van der Waals surface area contributed by atoms with Crippen molar-refractivity contribution in [1.29, 1.82) is 5.26 Å². The molecule has 2 N–H and O–H groups in total. The van der Waals surface area contributed by atoms with Crippen molar-refractivity contribution in [2.24, 2.45) is 5.73 Å². The van der Waals surface area contributed by atoms with Crippen molar-refractivity contribution in [3.05, 3.63) is 52.9 Å². The molecule has 104 valence electrons. The molecule has 1 aromatic carbocycles. The Morgan fingerprint density at radius 3 is 2.40 bits per heavy atom. The molecule has 0 spiro atoms. The molecule has 0 fully saturated rings. The molecule has 1 amide bonds. The number of hydrogen-bond donors (Lipinski definition) is 1. The number of ether oxygens (including phenoxy) is 1. The van der Waals surface area contributed by atoms with E-state index in [0.29, 0.717) is 6.07 Å². The van der Waals surface area contributed by atoms with E-state index < -0.39 is 40.3 Å². The van der Waals surface area contributed by atoms with Gasteiger partial charge in [-0.1, -0.05) is 0 Å². The number of allylic oxidation sites excluding steroid dienone is 2. The lowest BCUT2D eigenvalue weighted by Crippen LogP contribution is -2.12. The summed E-state index contributed by atoms with van der Waals surface area (Å²) in [4.78, 5) is 10.8. The molecule has 0 aliphatic carbocycles. The van der Waals surface area contributed by atoms with Crippen molar-refractivity contribution in [3.8, 4) is 6.07 Å². The summed E-state index contributed by atoms with van der Waals surface area (Å²) in [6.07, 6.45) is 1.87. The van der Waals surface area contributed by atoms with E-state index in [1.165, 1.54) is 6.07 Å². The van der Waals surface area contributed by atoms with Crippen LogP contribution < -0.4 is 5.73 Å². The van der Waals surface area contributed by atoms with Gasteiger partial charge in [-0.25, -0.2) is 13.2 Å². The highest BCUT2D eigenvalue weighted by Crippen LogP contribution is 2.24. The maximum atomic E-state index is 13.6. The van der Waals surface area contributed by atoms with Gasteiger partial charge in [0.15, 0.2) is 11.6 Å². The lowest BCUT2D eigenvalue weighted by molar-refractivity contribution is -0.114. The second-order valence-electron chi connectivity index (χ2n) is 3.51. The molecule has 0 saturated heterocycles. The first-order valence-corrected chi connectivity index (χ1v) is 5.22. The minimum atomic E-state index is -1.44. The zero-order valence-corrected chi connectivity index (χ0v) is 10.3. The molecule has 4 nitrogen and oxygen atoms in total. The molecule has 20 heavy (non-hydrogen) atoms. The molecular weight excluding hydrogens is 273 g/mol. The molecule has 0 aliphatic rings. The first-order chi connectivity index (χ1) is 9.42. The number of halogens is 3. The topological polar surface area (TPSA) is 76.1 Å². The molecule has 0 bridgehead atoms. The predicted molar refractivity (Wildman–Crippen MR) is 64.2 cm³/mol. The lowest BCUT2D eigenvalue weighted by atomic mass is 10.1. The van der Waals surface area contributed by atoms with Gasteiger partial charge in [0.1, 0.15) is 23.2 Å². The molecule has 0 aromatic heterocycles. The fourth-order valence-electron chi connectivity index (χ4n) is 1.34. The second kappa shape index (κ2) is 6.43. The van der Waals surface area contributed by atoms with E-state index in [0.717, 1.165) is 25.3 Å². The number of nitrogens with zero attached hydrogens (tertiary/aromatic N) is 1. The van der Waals surface area contributed by atoms with Crippen LogP contribution in [0.3, 0.4) is 0 Å². The summed E-state index contributed by atoms with van der Waals surface area (Å²) in [6, 6.07) is 2.85. The Labute approximate surface area is 112 Å². The fraction of sp³-hybridized carbons (Fsp3) is 0.0769. The molecule has 0 unspecified atom stereocenters. The third-order valence-electron chi connectivity index (χ3n) is 2.30.